The van der Waals surface area contributed by atoms with Crippen molar-refractivity contribution in [1.29, 1.82) is 0 Å². The normalized spacial score (nSPS) is 12.8. The Morgan fingerprint density at radius 3 is 2.50 bits per heavy atom. The summed E-state index contributed by atoms with van der Waals surface area (Å²) in [6.07, 6.45) is 0. The van der Waals surface area contributed by atoms with Crippen molar-refractivity contribution in [1.82, 2.24) is 5.32 Å². The van der Waals surface area contributed by atoms with Crippen molar-refractivity contribution < 1.29 is 22.4 Å². The minimum absolute atomic E-state index is 0.338. The predicted octanol–water partition coefficient (Wildman–Crippen LogP) is 0.183. The first-order valence-electron chi connectivity index (χ1n) is 4.85. The molecule has 1 aromatic rings. The van der Waals surface area contributed by atoms with Crippen LogP contribution < -0.4 is 11.1 Å². The van der Waals surface area contributed by atoms with Crippen molar-refractivity contribution in [3.63, 3.8) is 0 Å². The second kappa shape index (κ2) is 5.13. The lowest BCUT2D eigenvalue weighted by Crippen LogP contribution is -2.43. The number of halogens is 1. The van der Waals surface area contributed by atoms with Crippen molar-refractivity contribution in [2.75, 3.05) is 0 Å². The van der Waals surface area contributed by atoms with Crippen LogP contribution in [0.15, 0.2) is 29.2 Å². The molecule has 0 saturated heterocycles. The number of imide groups is 1. The van der Waals surface area contributed by atoms with E-state index >= 15 is 0 Å². The number of rotatable bonds is 3. The Morgan fingerprint density at radius 1 is 1.39 bits per heavy atom. The summed E-state index contributed by atoms with van der Waals surface area (Å²) in [7, 11) is -4.07. The summed E-state index contributed by atoms with van der Waals surface area (Å²) in [6.45, 7) is 1.08. The van der Waals surface area contributed by atoms with Gasteiger partial charge < -0.3 is 5.73 Å². The smallest absolute Gasteiger partial charge is 0.318 e. The van der Waals surface area contributed by atoms with Gasteiger partial charge in [0.25, 0.3) is 0 Å². The summed E-state index contributed by atoms with van der Waals surface area (Å²) in [4.78, 5) is 21.5. The lowest BCUT2D eigenvalue weighted by atomic mass is 10.3. The fourth-order valence-electron chi connectivity index (χ4n) is 1.21. The zero-order valence-electron chi connectivity index (χ0n) is 9.38. The summed E-state index contributed by atoms with van der Waals surface area (Å²) >= 11 is 0. The van der Waals surface area contributed by atoms with E-state index in [9.17, 15) is 22.4 Å². The Kier molecular flexibility index (Phi) is 4.02. The Morgan fingerprint density at radius 2 is 2.00 bits per heavy atom. The lowest BCUT2D eigenvalue weighted by molar-refractivity contribution is -0.119. The Hall–Kier alpha value is -1.96. The number of hydrogen-bond acceptors (Lipinski definition) is 4. The van der Waals surface area contributed by atoms with Crippen LogP contribution >= 0.6 is 0 Å². The van der Waals surface area contributed by atoms with E-state index in [0.717, 1.165) is 25.1 Å². The molecule has 3 amide bonds. The molecule has 18 heavy (non-hydrogen) atoms. The van der Waals surface area contributed by atoms with Crippen molar-refractivity contribution >= 4 is 21.8 Å². The Bertz CT molecular complexity index is 585. The van der Waals surface area contributed by atoms with Gasteiger partial charge in [0.2, 0.25) is 5.91 Å². The van der Waals surface area contributed by atoms with E-state index in [1.807, 2.05) is 0 Å². The van der Waals surface area contributed by atoms with E-state index in [4.69, 9.17) is 5.73 Å². The lowest BCUT2D eigenvalue weighted by Gasteiger charge is -2.11. The SMILES string of the molecule is CC(C(=O)NC(N)=O)S(=O)(=O)c1cccc(F)c1. The van der Waals surface area contributed by atoms with Crippen LogP contribution in [-0.4, -0.2) is 25.6 Å². The number of carbonyl (C=O) groups excluding carboxylic acids is 2. The monoisotopic (exact) mass is 274 g/mol. The molecule has 3 N–H and O–H groups in total. The minimum Gasteiger partial charge on any atom is -0.351 e. The fourth-order valence-corrected chi connectivity index (χ4v) is 2.51. The molecule has 6 nitrogen and oxygen atoms in total. The maximum atomic E-state index is 12.9. The molecule has 1 atom stereocenters. The average Bonchev–Trinajstić information content (AvgIpc) is 2.27. The number of nitrogens with two attached hydrogens (primary N) is 1. The molecule has 0 spiro atoms. The summed E-state index contributed by atoms with van der Waals surface area (Å²) in [5.74, 6) is -1.80. The molecule has 0 fully saturated rings. The highest BCUT2D eigenvalue weighted by Crippen LogP contribution is 2.17. The molecule has 0 aliphatic rings. The quantitative estimate of drug-likeness (QED) is 0.820. The van der Waals surface area contributed by atoms with Crippen LogP contribution in [-0.2, 0) is 14.6 Å². The van der Waals surface area contributed by atoms with Crippen LogP contribution in [0.3, 0.4) is 0 Å². The number of benzene rings is 1. The highest BCUT2D eigenvalue weighted by molar-refractivity contribution is 7.92. The number of primary amides is 1. The number of amides is 3. The summed E-state index contributed by atoms with van der Waals surface area (Å²) in [5.41, 5.74) is 4.71. The second-order valence-electron chi connectivity index (χ2n) is 3.50. The van der Waals surface area contributed by atoms with E-state index in [0.29, 0.717) is 0 Å². The minimum atomic E-state index is -4.07. The largest absolute Gasteiger partial charge is 0.351 e. The van der Waals surface area contributed by atoms with Crippen LogP contribution in [0.2, 0.25) is 0 Å². The van der Waals surface area contributed by atoms with Gasteiger partial charge >= 0.3 is 6.03 Å². The zero-order chi connectivity index (χ0) is 13.9. The third kappa shape index (κ3) is 3.04. The van der Waals surface area contributed by atoms with Crippen LogP contribution in [0.25, 0.3) is 0 Å². The molecule has 1 aromatic carbocycles. The van der Waals surface area contributed by atoms with Gasteiger partial charge in [-0.2, -0.15) is 0 Å². The number of sulfone groups is 1. The van der Waals surface area contributed by atoms with E-state index < -0.39 is 32.8 Å². The van der Waals surface area contributed by atoms with Crippen LogP contribution in [0.5, 0.6) is 0 Å². The molecule has 0 aromatic heterocycles. The average molecular weight is 274 g/mol. The summed E-state index contributed by atoms with van der Waals surface area (Å²) in [6, 6.07) is 3.09. The van der Waals surface area contributed by atoms with Gasteiger partial charge in [0, 0.05) is 0 Å². The van der Waals surface area contributed by atoms with Crippen LogP contribution in [0.4, 0.5) is 9.18 Å². The van der Waals surface area contributed by atoms with Crippen molar-refractivity contribution in [2.45, 2.75) is 17.1 Å². The number of nitrogens with one attached hydrogen (secondary N) is 1. The van der Waals surface area contributed by atoms with Gasteiger partial charge in [0.1, 0.15) is 11.1 Å². The predicted molar refractivity (Wildman–Crippen MR) is 60.8 cm³/mol. The molecule has 0 aliphatic heterocycles. The van der Waals surface area contributed by atoms with E-state index in [1.54, 1.807) is 5.32 Å². The van der Waals surface area contributed by atoms with Gasteiger partial charge in [0.15, 0.2) is 9.84 Å². The molecule has 1 unspecified atom stereocenters. The molecule has 8 heteroatoms. The first kappa shape index (κ1) is 14.1. The van der Waals surface area contributed by atoms with E-state index in [2.05, 4.69) is 0 Å². The zero-order valence-corrected chi connectivity index (χ0v) is 10.2. The maximum absolute atomic E-state index is 12.9. The molecule has 0 heterocycles. The topological polar surface area (TPSA) is 106 Å². The Labute approximate surface area is 103 Å². The first-order valence-corrected chi connectivity index (χ1v) is 6.39. The second-order valence-corrected chi connectivity index (χ2v) is 5.77. The maximum Gasteiger partial charge on any atom is 0.318 e. The van der Waals surface area contributed by atoms with Gasteiger partial charge in [-0.05, 0) is 25.1 Å². The van der Waals surface area contributed by atoms with Crippen LogP contribution in [0.1, 0.15) is 6.92 Å². The van der Waals surface area contributed by atoms with Gasteiger partial charge in [-0.1, -0.05) is 6.07 Å². The summed E-state index contributed by atoms with van der Waals surface area (Å²) in [5, 5.41) is 0.111. The first-order chi connectivity index (χ1) is 8.25. The van der Waals surface area contributed by atoms with Crippen molar-refractivity contribution in [3.05, 3.63) is 30.1 Å². The van der Waals surface area contributed by atoms with E-state index in [-0.39, 0.29) is 4.90 Å². The highest BCUT2D eigenvalue weighted by Gasteiger charge is 2.30. The molecule has 0 saturated carbocycles. The Balaban J connectivity index is 3.07. The molecule has 1 rings (SSSR count). The fraction of sp³-hybridized carbons (Fsp3) is 0.200. The number of hydrogen-bond donors (Lipinski definition) is 2. The molecular weight excluding hydrogens is 263 g/mol. The van der Waals surface area contributed by atoms with Gasteiger partial charge in [-0.15, -0.1) is 0 Å². The molecule has 0 radical (unpaired) electrons. The van der Waals surface area contributed by atoms with Crippen LogP contribution in [0, 0.1) is 5.82 Å². The number of urea groups is 1. The van der Waals surface area contributed by atoms with Crippen molar-refractivity contribution in [3.8, 4) is 0 Å². The molecule has 0 aliphatic carbocycles. The van der Waals surface area contributed by atoms with Gasteiger partial charge in [-0.3, -0.25) is 10.1 Å². The van der Waals surface area contributed by atoms with Crippen molar-refractivity contribution in [2.24, 2.45) is 5.73 Å². The van der Waals surface area contributed by atoms with Gasteiger partial charge in [0.05, 0.1) is 4.90 Å². The third-order valence-corrected chi connectivity index (χ3v) is 4.26. The molecular formula is C10H11FN2O4S. The molecule has 0 bridgehead atoms. The van der Waals surface area contributed by atoms with E-state index in [1.165, 1.54) is 6.07 Å². The van der Waals surface area contributed by atoms with Gasteiger partial charge in [-0.25, -0.2) is 17.6 Å². The standard InChI is InChI=1S/C10H11FN2O4S/c1-6(9(14)13-10(12)15)18(16,17)8-4-2-3-7(11)5-8/h2-6H,1H3,(H3,12,13,14,15). The number of carbonyl (C=O) groups is 2. The highest BCUT2D eigenvalue weighted by atomic mass is 32.2. The third-order valence-electron chi connectivity index (χ3n) is 2.21. The molecule has 98 valence electrons. The summed E-state index contributed by atoms with van der Waals surface area (Å²) < 4.78 is 36.8.